The summed E-state index contributed by atoms with van der Waals surface area (Å²) in [7, 11) is 1.90. The first kappa shape index (κ1) is 15.6. The van der Waals surface area contributed by atoms with Crippen molar-refractivity contribution >= 4 is 17.6 Å². The number of aromatic nitrogens is 2. The zero-order valence-corrected chi connectivity index (χ0v) is 13.4. The summed E-state index contributed by atoms with van der Waals surface area (Å²) in [5.74, 6) is -0.858. The van der Waals surface area contributed by atoms with Crippen LogP contribution in [0.4, 0.5) is 0 Å². The minimum atomic E-state index is -0.798. The molecule has 1 unspecified atom stereocenters. The van der Waals surface area contributed by atoms with Crippen molar-refractivity contribution in [3.8, 4) is 11.1 Å². The van der Waals surface area contributed by atoms with Gasteiger partial charge in [0.15, 0.2) is 0 Å². The number of halogens is 1. The molecule has 0 fully saturated rings. The van der Waals surface area contributed by atoms with Gasteiger partial charge in [0.2, 0.25) is 0 Å². The highest BCUT2D eigenvalue weighted by atomic mass is 35.5. The van der Waals surface area contributed by atoms with E-state index in [9.17, 15) is 4.79 Å². The number of hydrogen-bond donors (Lipinski definition) is 1. The Labute approximate surface area is 129 Å². The summed E-state index contributed by atoms with van der Waals surface area (Å²) in [6.45, 7) is 5.86. The van der Waals surface area contributed by atoms with Crippen LogP contribution >= 0.6 is 11.6 Å². The number of carbonyl (C=O) groups is 1. The molecule has 0 spiro atoms. The first-order valence-electron chi connectivity index (χ1n) is 6.83. The molecule has 1 heterocycles. The fourth-order valence-electron chi connectivity index (χ4n) is 2.58. The lowest BCUT2D eigenvalue weighted by atomic mass is 9.93. The molecular weight excluding hydrogens is 288 g/mol. The molecule has 2 aromatic rings. The minimum absolute atomic E-state index is 0.0594. The summed E-state index contributed by atoms with van der Waals surface area (Å²) in [6, 6.07) is 5.70. The molecule has 0 aliphatic heterocycles. The Bertz CT molecular complexity index is 692. The molecule has 112 valence electrons. The molecular formula is C16H19ClN2O2. The van der Waals surface area contributed by atoms with Crippen molar-refractivity contribution in [2.45, 2.75) is 33.1 Å². The SMILES string of the molecule is Cc1nn(C)c(C)c1-c1cc(C(C)CC(=O)O)ccc1Cl. The maximum atomic E-state index is 10.9. The molecule has 0 aliphatic carbocycles. The van der Waals surface area contributed by atoms with Crippen LogP contribution in [0.2, 0.25) is 5.02 Å². The van der Waals surface area contributed by atoms with Gasteiger partial charge in [-0.3, -0.25) is 9.48 Å². The van der Waals surface area contributed by atoms with E-state index in [0.29, 0.717) is 5.02 Å². The van der Waals surface area contributed by atoms with Crippen molar-refractivity contribution in [2.24, 2.45) is 7.05 Å². The van der Waals surface area contributed by atoms with Crippen molar-refractivity contribution in [3.63, 3.8) is 0 Å². The standard InChI is InChI=1S/C16H19ClN2O2/c1-9(7-15(20)21)12-5-6-14(17)13(8-12)16-10(2)18-19(4)11(16)3/h5-6,8-9H,7H2,1-4H3,(H,20,21). The van der Waals surface area contributed by atoms with Gasteiger partial charge in [0, 0.05) is 28.9 Å². The molecule has 4 nitrogen and oxygen atoms in total. The summed E-state index contributed by atoms with van der Waals surface area (Å²) in [4.78, 5) is 10.9. The van der Waals surface area contributed by atoms with E-state index >= 15 is 0 Å². The van der Waals surface area contributed by atoms with Crippen molar-refractivity contribution in [1.29, 1.82) is 0 Å². The van der Waals surface area contributed by atoms with Crippen LogP contribution in [0.1, 0.15) is 36.2 Å². The van der Waals surface area contributed by atoms with Gasteiger partial charge in [0.1, 0.15) is 0 Å². The van der Waals surface area contributed by atoms with Crippen LogP contribution in [0.3, 0.4) is 0 Å². The molecule has 21 heavy (non-hydrogen) atoms. The lowest BCUT2D eigenvalue weighted by molar-refractivity contribution is -0.137. The zero-order chi connectivity index (χ0) is 15.7. The van der Waals surface area contributed by atoms with E-state index in [1.54, 1.807) is 0 Å². The maximum absolute atomic E-state index is 10.9. The molecule has 0 saturated carbocycles. The number of carboxylic acids is 1. The van der Waals surface area contributed by atoms with E-state index in [1.165, 1.54) is 0 Å². The second-order valence-corrected chi connectivity index (χ2v) is 5.81. The number of nitrogens with zero attached hydrogens (tertiary/aromatic N) is 2. The number of aliphatic carboxylic acids is 1. The van der Waals surface area contributed by atoms with E-state index in [2.05, 4.69) is 5.10 Å². The van der Waals surface area contributed by atoms with Crippen LogP contribution in [0.25, 0.3) is 11.1 Å². The summed E-state index contributed by atoms with van der Waals surface area (Å²) in [5.41, 5.74) is 4.86. The number of hydrogen-bond acceptors (Lipinski definition) is 2. The average Bonchev–Trinajstić information content (AvgIpc) is 2.63. The van der Waals surface area contributed by atoms with Crippen LogP contribution in [0, 0.1) is 13.8 Å². The average molecular weight is 307 g/mol. The summed E-state index contributed by atoms with van der Waals surface area (Å²) in [6.07, 6.45) is 0.103. The number of aryl methyl sites for hydroxylation is 2. The zero-order valence-electron chi connectivity index (χ0n) is 12.6. The number of benzene rings is 1. The first-order valence-corrected chi connectivity index (χ1v) is 7.20. The van der Waals surface area contributed by atoms with E-state index in [1.807, 2.05) is 50.7 Å². The summed E-state index contributed by atoms with van der Waals surface area (Å²) < 4.78 is 1.83. The summed E-state index contributed by atoms with van der Waals surface area (Å²) >= 11 is 6.34. The third kappa shape index (κ3) is 3.10. The van der Waals surface area contributed by atoms with Gasteiger partial charge in [-0.25, -0.2) is 0 Å². The Morgan fingerprint density at radius 1 is 1.43 bits per heavy atom. The fraction of sp³-hybridized carbons (Fsp3) is 0.375. The van der Waals surface area contributed by atoms with Gasteiger partial charge in [-0.1, -0.05) is 24.6 Å². The van der Waals surface area contributed by atoms with E-state index in [4.69, 9.17) is 16.7 Å². The Balaban J connectivity index is 2.51. The quantitative estimate of drug-likeness (QED) is 0.931. The molecule has 1 aromatic heterocycles. The lowest BCUT2D eigenvalue weighted by Gasteiger charge is -2.13. The lowest BCUT2D eigenvalue weighted by Crippen LogP contribution is -2.03. The third-order valence-electron chi connectivity index (χ3n) is 3.82. The van der Waals surface area contributed by atoms with Crippen molar-refractivity contribution < 1.29 is 9.90 Å². The van der Waals surface area contributed by atoms with Crippen molar-refractivity contribution in [3.05, 3.63) is 40.2 Å². The Morgan fingerprint density at radius 3 is 2.62 bits per heavy atom. The molecule has 1 aromatic carbocycles. The van der Waals surface area contributed by atoms with E-state index < -0.39 is 5.97 Å². The summed E-state index contributed by atoms with van der Waals surface area (Å²) in [5, 5.41) is 14.0. The first-order chi connectivity index (χ1) is 9.81. The number of carboxylic acid groups (broad SMARTS) is 1. The van der Waals surface area contributed by atoms with Gasteiger partial charge in [0.05, 0.1) is 12.1 Å². The van der Waals surface area contributed by atoms with Crippen LogP contribution in [0.15, 0.2) is 18.2 Å². The molecule has 1 atom stereocenters. The smallest absolute Gasteiger partial charge is 0.303 e. The van der Waals surface area contributed by atoms with Gasteiger partial charge in [-0.05, 0) is 37.5 Å². The normalized spacial score (nSPS) is 12.4. The van der Waals surface area contributed by atoms with Crippen LogP contribution in [0.5, 0.6) is 0 Å². The second kappa shape index (κ2) is 5.90. The molecule has 0 aliphatic rings. The maximum Gasteiger partial charge on any atom is 0.303 e. The molecule has 0 bridgehead atoms. The van der Waals surface area contributed by atoms with Crippen LogP contribution < -0.4 is 0 Å². The Hall–Kier alpha value is -1.81. The molecule has 0 amide bonds. The molecule has 5 heteroatoms. The topological polar surface area (TPSA) is 55.1 Å². The van der Waals surface area contributed by atoms with Gasteiger partial charge in [-0.15, -0.1) is 0 Å². The minimum Gasteiger partial charge on any atom is -0.481 e. The van der Waals surface area contributed by atoms with Crippen molar-refractivity contribution in [2.75, 3.05) is 0 Å². The predicted octanol–water partition coefficient (Wildman–Crippen LogP) is 3.94. The molecule has 2 rings (SSSR count). The van der Waals surface area contributed by atoms with Crippen LogP contribution in [-0.4, -0.2) is 20.9 Å². The Kier molecular flexibility index (Phi) is 4.37. The molecule has 1 N–H and O–H groups in total. The van der Waals surface area contributed by atoms with E-state index in [-0.39, 0.29) is 12.3 Å². The van der Waals surface area contributed by atoms with Gasteiger partial charge in [-0.2, -0.15) is 5.10 Å². The highest BCUT2D eigenvalue weighted by Gasteiger charge is 2.17. The van der Waals surface area contributed by atoms with Gasteiger partial charge < -0.3 is 5.11 Å². The van der Waals surface area contributed by atoms with Crippen molar-refractivity contribution in [1.82, 2.24) is 9.78 Å². The molecule has 0 radical (unpaired) electrons. The number of rotatable bonds is 4. The monoisotopic (exact) mass is 306 g/mol. The fourth-order valence-corrected chi connectivity index (χ4v) is 2.80. The largest absolute Gasteiger partial charge is 0.481 e. The second-order valence-electron chi connectivity index (χ2n) is 5.41. The molecule has 0 saturated heterocycles. The predicted molar refractivity (Wildman–Crippen MR) is 83.8 cm³/mol. The highest BCUT2D eigenvalue weighted by Crippen LogP contribution is 2.35. The Morgan fingerprint density at radius 2 is 2.10 bits per heavy atom. The third-order valence-corrected chi connectivity index (χ3v) is 4.15. The van der Waals surface area contributed by atoms with Gasteiger partial charge >= 0.3 is 5.97 Å². The van der Waals surface area contributed by atoms with Gasteiger partial charge in [0.25, 0.3) is 0 Å². The van der Waals surface area contributed by atoms with E-state index in [0.717, 1.165) is 28.1 Å². The van der Waals surface area contributed by atoms with Crippen LogP contribution in [-0.2, 0) is 11.8 Å². The highest BCUT2D eigenvalue weighted by molar-refractivity contribution is 6.33.